The van der Waals surface area contributed by atoms with Crippen LogP contribution < -0.4 is 20.7 Å². The van der Waals surface area contributed by atoms with Crippen molar-refractivity contribution in [3.8, 4) is 5.75 Å². The van der Waals surface area contributed by atoms with Crippen LogP contribution in [0, 0.1) is 18.7 Å². The van der Waals surface area contributed by atoms with Crippen LogP contribution in [0.25, 0.3) is 11.0 Å². The fourth-order valence-electron chi connectivity index (χ4n) is 3.45. The number of methoxy groups -OCH3 is 1. The monoisotopic (exact) mass is 427 g/mol. The van der Waals surface area contributed by atoms with E-state index in [1.807, 2.05) is 20.8 Å². The minimum absolute atomic E-state index is 0.00663. The quantitative estimate of drug-likeness (QED) is 0.528. The molecular formula is C23H26FN3O4. The van der Waals surface area contributed by atoms with E-state index in [2.05, 4.69) is 16.0 Å². The molecule has 3 N–H and O–H groups in total. The molecule has 8 heteroatoms. The second kappa shape index (κ2) is 9.07. The number of carbonyl (C=O) groups excluding carboxylic acids is 2. The molecule has 0 bridgehead atoms. The first-order chi connectivity index (χ1) is 14.7. The first-order valence-corrected chi connectivity index (χ1v) is 9.91. The molecule has 0 aliphatic carbocycles. The molecule has 2 aromatic carbocycles. The van der Waals surface area contributed by atoms with Crippen molar-refractivity contribution >= 4 is 28.6 Å². The number of urea groups is 1. The van der Waals surface area contributed by atoms with Gasteiger partial charge in [0.25, 0.3) is 5.91 Å². The van der Waals surface area contributed by atoms with Crippen molar-refractivity contribution < 1.29 is 23.1 Å². The molecule has 0 spiro atoms. The number of ether oxygens (including phenoxy) is 1. The van der Waals surface area contributed by atoms with Gasteiger partial charge in [0.1, 0.15) is 22.9 Å². The summed E-state index contributed by atoms with van der Waals surface area (Å²) in [5.74, 6) is 0.307. The van der Waals surface area contributed by atoms with Gasteiger partial charge in [-0.05, 0) is 49.2 Å². The maximum Gasteiger partial charge on any atom is 0.319 e. The first-order valence-electron chi connectivity index (χ1n) is 9.91. The number of carbonyl (C=O) groups is 2. The molecule has 164 valence electrons. The molecule has 0 aliphatic rings. The summed E-state index contributed by atoms with van der Waals surface area (Å²) < 4.78 is 24.8. The number of fused-ring (bicyclic) bond motifs is 1. The molecular weight excluding hydrogens is 401 g/mol. The number of halogens is 1. The SMILES string of the molecule is CNC(=O)c1cc(NC(=O)NC(c2oc3ccc(F)cc3c2C)C(C)C)ccc1OC. The van der Waals surface area contributed by atoms with Gasteiger partial charge in [0.05, 0.1) is 18.7 Å². The Morgan fingerprint density at radius 2 is 1.87 bits per heavy atom. The van der Waals surface area contributed by atoms with Crippen LogP contribution in [0.15, 0.2) is 40.8 Å². The third kappa shape index (κ3) is 4.63. The average molecular weight is 427 g/mol. The molecule has 0 saturated heterocycles. The molecule has 0 aliphatic heterocycles. The fraction of sp³-hybridized carbons (Fsp3) is 0.304. The van der Waals surface area contributed by atoms with Gasteiger partial charge in [-0.15, -0.1) is 0 Å². The topological polar surface area (TPSA) is 92.6 Å². The van der Waals surface area contributed by atoms with Crippen LogP contribution in [0.3, 0.4) is 0 Å². The van der Waals surface area contributed by atoms with Gasteiger partial charge >= 0.3 is 6.03 Å². The van der Waals surface area contributed by atoms with Crippen molar-refractivity contribution in [3.05, 3.63) is 59.1 Å². The van der Waals surface area contributed by atoms with Crippen molar-refractivity contribution in [2.24, 2.45) is 5.92 Å². The molecule has 1 unspecified atom stereocenters. The third-order valence-corrected chi connectivity index (χ3v) is 5.10. The van der Waals surface area contributed by atoms with E-state index >= 15 is 0 Å². The smallest absolute Gasteiger partial charge is 0.319 e. The Morgan fingerprint density at radius 1 is 1.13 bits per heavy atom. The molecule has 1 atom stereocenters. The predicted octanol–water partition coefficient (Wildman–Crippen LogP) is 4.77. The van der Waals surface area contributed by atoms with E-state index in [0.29, 0.717) is 33.7 Å². The predicted molar refractivity (Wildman–Crippen MR) is 117 cm³/mol. The lowest BCUT2D eigenvalue weighted by Gasteiger charge is -2.21. The number of hydrogen-bond acceptors (Lipinski definition) is 4. The van der Waals surface area contributed by atoms with Crippen LogP contribution >= 0.6 is 0 Å². The third-order valence-electron chi connectivity index (χ3n) is 5.10. The Bertz CT molecular complexity index is 1120. The molecule has 31 heavy (non-hydrogen) atoms. The van der Waals surface area contributed by atoms with Crippen LogP contribution in [-0.4, -0.2) is 26.1 Å². The summed E-state index contributed by atoms with van der Waals surface area (Å²) in [6.45, 7) is 5.75. The highest BCUT2D eigenvalue weighted by molar-refractivity contribution is 5.99. The Labute approximate surface area is 180 Å². The number of amides is 3. The number of aryl methyl sites for hydroxylation is 1. The lowest BCUT2D eigenvalue weighted by atomic mass is 9.98. The van der Waals surface area contributed by atoms with Crippen molar-refractivity contribution in [2.45, 2.75) is 26.8 Å². The summed E-state index contributed by atoms with van der Waals surface area (Å²) in [6.07, 6.45) is 0. The van der Waals surface area contributed by atoms with E-state index < -0.39 is 12.1 Å². The number of benzene rings is 2. The maximum absolute atomic E-state index is 13.6. The van der Waals surface area contributed by atoms with Gasteiger partial charge in [-0.1, -0.05) is 13.8 Å². The van der Waals surface area contributed by atoms with Crippen molar-refractivity contribution in [1.29, 1.82) is 0 Å². The molecule has 3 amide bonds. The summed E-state index contributed by atoms with van der Waals surface area (Å²) in [4.78, 5) is 24.8. The fourth-order valence-corrected chi connectivity index (χ4v) is 3.45. The highest BCUT2D eigenvalue weighted by Gasteiger charge is 2.25. The second-order valence-corrected chi connectivity index (χ2v) is 7.55. The largest absolute Gasteiger partial charge is 0.496 e. The summed E-state index contributed by atoms with van der Waals surface area (Å²) in [5, 5.41) is 8.88. The van der Waals surface area contributed by atoms with E-state index in [1.54, 1.807) is 18.2 Å². The minimum Gasteiger partial charge on any atom is -0.496 e. The molecule has 0 fully saturated rings. The molecule has 0 radical (unpaired) electrons. The Balaban J connectivity index is 1.84. The van der Waals surface area contributed by atoms with E-state index in [4.69, 9.17) is 9.15 Å². The summed E-state index contributed by atoms with van der Waals surface area (Å²) in [6, 6.07) is 8.24. The lowest BCUT2D eigenvalue weighted by Crippen LogP contribution is -2.35. The number of furan rings is 1. The van der Waals surface area contributed by atoms with Gasteiger partial charge in [0.2, 0.25) is 0 Å². The maximum atomic E-state index is 13.6. The standard InChI is InChI=1S/C23H26FN3O4/c1-12(2)20(21-13(3)16-10-14(24)6-8-19(16)31-21)27-23(29)26-15-7-9-18(30-5)17(11-15)22(28)25-4/h6-12,20H,1-5H3,(H,25,28)(H2,26,27,29). The van der Waals surface area contributed by atoms with E-state index in [1.165, 1.54) is 32.4 Å². The minimum atomic E-state index is -0.460. The summed E-state index contributed by atoms with van der Waals surface area (Å²) >= 11 is 0. The number of rotatable bonds is 6. The lowest BCUT2D eigenvalue weighted by molar-refractivity contribution is 0.0960. The van der Waals surface area contributed by atoms with Crippen LogP contribution in [0.5, 0.6) is 5.75 Å². The average Bonchev–Trinajstić information content (AvgIpc) is 3.06. The van der Waals surface area contributed by atoms with Crippen LogP contribution in [0.1, 0.15) is 41.6 Å². The van der Waals surface area contributed by atoms with Crippen LogP contribution in [0.4, 0.5) is 14.9 Å². The Hall–Kier alpha value is -3.55. The van der Waals surface area contributed by atoms with E-state index in [-0.39, 0.29) is 17.6 Å². The molecule has 3 rings (SSSR count). The van der Waals surface area contributed by atoms with Crippen molar-refractivity contribution in [3.63, 3.8) is 0 Å². The molecule has 3 aromatic rings. The highest BCUT2D eigenvalue weighted by atomic mass is 19.1. The van der Waals surface area contributed by atoms with E-state index in [0.717, 1.165) is 5.56 Å². The second-order valence-electron chi connectivity index (χ2n) is 7.55. The highest BCUT2D eigenvalue weighted by Crippen LogP contribution is 2.33. The zero-order valence-corrected chi connectivity index (χ0v) is 18.1. The van der Waals surface area contributed by atoms with Gasteiger partial charge in [-0.25, -0.2) is 9.18 Å². The molecule has 0 saturated carbocycles. The van der Waals surface area contributed by atoms with Crippen LogP contribution in [0.2, 0.25) is 0 Å². The van der Waals surface area contributed by atoms with Crippen LogP contribution in [-0.2, 0) is 0 Å². The van der Waals surface area contributed by atoms with Crippen molar-refractivity contribution in [1.82, 2.24) is 10.6 Å². The number of hydrogen-bond donors (Lipinski definition) is 3. The number of anilines is 1. The molecule has 1 heterocycles. The summed E-state index contributed by atoms with van der Waals surface area (Å²) in [5.41, 5.74) is 2.08. The zero-order valence-electron chi connectivity index (χ0n) is 18.1. The zero-order chi connectivity index (χ0) is 22.7. The van der Waals surface area contributed by atoms with Gasteiger partial charge in [-0.2, -0.15) is 0 Å². The van der Waals surface area contributed by atoms with Gasteiger partial charge in [0.15, 0.2) is 0 Å². The normalized spacial score (nSPS) is 12.0. The van der Waals surface area contributed by atoms with Crippen molar-refractivity contribution in [2.75, 3.05) is 19.5 Å². The molecule has 1 aromatic heterocycles. The summed E-state index contributed by atoms with van der Waals surface area (Å²) in [7, 11) is 2.99. The number of nitrogens with one attached hydrogen (secondary N) is 3. The first kappa shape index (κ1) is 22.1. The Morgan fingerprint density at radius 3 is 2.52 bits per heavy atom. The van der Waals surface area contributed by atoms with Gasteiger partial charge in [0, 0.05) is 23.7 Å². The van der Waals surface area contributed by atoms with E-state index in [9.17, 15) is 14.0 Å². The Kier molecular flexibility index (Phi) is 6.48. The molecule has 7 nitrogen and oxygen atoms in total. The van der Waals surface area contributed by atoms with Gasteiger partial charge < -0.3 is 25.1 Å². The van der Waals surface area contributed by atoms with Gasteiger partial charge in [-0.3, -0.25) is 4.79 Å².